The van der Waals surface area contributed by atoms with E-state index in [1.54, 1.807) is 9.80 Å². The van der Waals surface area contributed by atoms with Gasteiger partial charge in [-0.25, -0.2) is 4.79 Å². The molecule has 0 aliphatic carbocycles. The molecule has 0 aromatic rings. The molecule has 5 heteroatoms. The van der Waals surface area contributed by atoms with Crippen molar-refractivity contribution in [2.24, 2.45) is 0 Å². The highest BCUT2D eigenvalue weighted by Gasteiger charge is 2.07. The Balaban J connectivity index is 3.76. The molecule has 0 heterocycles. The summed E-state index contributed by atoms with van der Waals surface area (Å²) in [5.74, 6) is 0. The van der Waals surface area contributed by atoms with Crippen LogP contribution in [0.2, 0.25) is 0 Å². The molecule has 0 saturated carbocycles. The van der Waals surface area contributed by atoms with Crippen molar-refractivity contribution < 1.29 is 14.3 Å². The van der Waals surface area contributed by atoms with E-state index in [2.05, 4.69) is 13.2 Å². The average Bonchev–Trinajstić information content (AvgIpc) is 2.21. The number of carbonyl (C=O) groups excluding carboxylic acids is 1. The average molecular weight is 228 g/mol. The van der Waals surface area contributed by atoms with Crippen LogP contribution < -0.4 is 0 Å². The Morgan fingerprint density at radius 2 is 1.25 bits per heavy atom. The Morgan fingerprint density at radius 1 is 0.938 bits per heavy atom. The van der Waals surface area contributed by atoms with E-state index >= 15 is 0 Å². The Hall–Kier alpha value is -1.65. The van der Waals surface area contributed by atoms with Crippen molar-refractivity contribution in [3.63, 3.8) is 0 Å². The molecule has 0 fully saturated rings. The highest BCUT2D eigenvalue weighted by molar-refractivity contribution is 5.60. The van der Waals surface area contributed by atoms with Crippen LogP contribution in [0.3, 0.4) is 0 Å². The first-order chi connectivity index (χ1) is 7.34. The minimum absolute atomic E-state index is 0.125. The lowest BCUT2D eigenvalue weighted by Gasteiger charge is -2.17. The lowest BCUT2D eigenvalue weighted by molar-refractivity contribution is 0.0614. The topological polar surface area (TPSA) is 42.0 Å². The van der Waals surface area contributed by atoms with Gasteiger partial charge in [-0.05, 0) is 0 Å². The first-order valence-electron chi connectivity index (χ1n) is 4.84. The maximum Gasteiger partial charge on any atom is 0.509 e. The van der Waals surface area contributed by atoms with Crippen LogP contribution in [0.15, 0.2) is 24.6 Å². The van der Waals surface area contributed by atoms with Gasteiger partial charge in [-0.2, -0.15) is 0 Å². The van der Waals surface area contributed by atoms with E-state index in [0.717, 1.165) is 0 Å². The van der Waals surface area contributed by atoms with Gasteiger partial charge in [-0.15, -0.1) is 0 Å². The van der Waals surface area contributed by atoms with Gasteiger partial charge in [0.15, 0.2) is 0 Å². The van der Waals surface area contributed by atoms with Crippen LogP contribution in [0, 0.1) is 0 Å². The summed E-state index contributed by atoms with van der Waals surface area (Å²) in [5.41, 5.74) is 1.40. The van der Waals surface area contributed by atoms with Crippen molar-refractivity contribution in [3.8, 4) is 0 Å². The zero-order valence-electron chi connectivity index (χ0n) is 10.4. The molecule has 0 aromatic carbocycles. The fourth-order valence-corrected chi connectivity index (χ4v) is 0.584. The summed E-state index contributed by atoms with van der Waals surface area (Å²) in [6.07, 6.45) is -0.717. The Kier molecular flexibility index (Phi) is 6.07. The molecule has 0 saturated heterocycles. The number of carbonyl (C=O) groups is 1. The van der Waals surface area contributed by atoms with Crippen molar-refractivity contribution in [3.05, 3.63) is 24.6 Å². The molecular formula is C11H20N2O3. The molecule has 0 spiro atoms. The third-order valence-electron chi connectivity index (χ3n) is 1.98. The molecule has 0 amide bonds. The summed E-state index contributed by atoms with van der Waals surface area (Å²) in [6, 6.07) is 0. The van der Waals surface area contributed by atoms with Crippen LogP contribution in [0.1, 0.15) is 0 Å². The summed E-state index contributed by atoms with van der Waals surface area (Å²) < 4.78 is 9.67. The number of likely N-dealkylation sites (N-methyl/N-ethyl adjacent to an activating group) is 2. The van der Waals surface area contributed by atoms with Crippen molar-refractivity contribution in [1.29, 1.82) is 0 Å². The second kappa shape index (κ2) is 6.76. The lowest BCUT2D eigenvalue weighted by Crippen LogP contribution is -2.20. The molecule has 0 aliphatic heterocycles. The molecule has 0 unspecified atom stereocenters. The van der Waals surface area contributed by atoms with E-state index in [1.165, 1.54) is 0 Å². The largest absolute Gasteiger partial charge is 0.509 e. The van der Waals surface area contributed by atoms with Gasteiger partial charge in [0, 0.05) is 39.6 Å². The monoisotopic (exact) mass is 228 g/mol. The fraction of sp³-hybridized carbons (Fsp3) is 0.545. The number of ether oxygens (including phenoxy) is 2. The smallest absolute Gasteiger partial charge is 0.428 e. The van der Waals surface area contributed by atoms with Crippen molar-refractivity contribution in [2.45, 2.75) is 0 Å². The highest BCUT2D eigenvalue weighted by atomic mass is 16.7. The third-order valence-corrected chi connectivity index (χ3v) is 1.98. The normalized spacial score (nSPS) is 9.25. The van der Waals surface area contributed by atoms with E-state index in [4.69, 9.17) is 9.47 Å². The second-order valence-corrected chi connectivity index (χ2v) is 3.75. The van der Waals surface area contributed by atoms with E-state index in [1.807, 2.05) is 28.2 Å². The summed E-state index contributed by atoms with van der Waals surface area (Å²) in [6.45, 7) is 7.68. The Labute approximate surface area is 96.9 Å². The number of rotatable bonds is 6. The summed E-state index contributed by atoms with van der Waals surface area (Å²) in [5, 5.41) is 0. The quantitative estimate of drug-likeness (QED) is 0.641. The molecular weight excluding hydrogens is 208 g/mol. The Morgan fingerprint density at radius 3 is 1.50 bits per heavy atom. The first-order valence-corrected chi connectivity index (χ1v) is 4.84. The summed E-state index contributed by atoms with van der Waals surface area (Å²) in [4.78, 5) is 14.7. The molecule has 0 bridgehead atoms. The van der Waals surface area contributed by atoms with Gasteiger partial charge in [0.05, 0.1) is 0 Å². The third kappa shape index (κ3) is 5.95. The standard InChI is InChI=1S/C11H20N2O3/c1-9(12(3)4)7-15-11(14)16-8-10(2)13(5)6/h1-2,7-8H2,3-6H3. The van der Waals surface area contributed by atoms with Crippen LogP contribution in [-0.4, -0.2) is 57.4 Å². The lowest BCUT2D eigenvalue weighted by atomic mass is 10.5. The van der Waals surface area contributed by atoms with Gasteiger partial charge in [0.1, 0.15) is 13.2 Å². The zero-order chi connectivity index (χ0) is 12.7. The Bertz CT molecular complexity index is 246. The molecule has 0 radical (unpaired) electrons. The van der Waals surface area contributed by atoms with Crippen molar-refractivity contribution in [1.82, 2.24) is 9.80 Å². The molecule has 5 nitrogen and oxygen atoms in total. The SMILES string of the molecule is C=C(COC(=O)OCC(=C)N(C)C)N(C)C. The molecule has 0 aliphatic rings. The minimum atomic E-state index is -0.717. The number of nitrogens with zero attached hydrogens (tertiary/aromatic N) is 2. The van der Waals surface area contributed by atoms with Crippen LogP contribution in [-0.2, 0) is 9.47 Å². The van der Waals surface area contributed by atoms with Gasteiger partial charge in [0.2, 0.25) is 0 Å². The van der Waals surface area contributed by atoms with E-state index in [-0.39, 0.29) is 13.2 Å². The van der Waals surface area contributed by atoms with E-state index in [9.17, 15) is 4.79 Å². The second-order valence-electron chi connectivity index (χ2n) is 3.75. The highest BCUT2D eigenvalue weighted by Crippen LogP contribution is 1.99. The first kappa shape index (κ1) is 14.3. The van der Waals surface area contributed by atoms with Crippen molar-refractivity contribution in [2.75, 3.05) is 41.4 Å². The molecule has 0 rings (SSSR count). The summed E-state index contributed by atoms with van der Waals surface area (Å²) in [7, 11) is 7.30. The molecule has 92 valence electrons. The molecule has 0 aromatic heterocycles. The van der Waals surface area contributed by atoms with Crippen molar-refractivity contribution >= 4 is 6.16 Å². The predicted octanol–water partition coefficient (Wildman–Crippen LogP) is 1.29. The fourth-order valence-electron chi connectivity index (χ4n) is 0.584. The van der Waals surface area contributed by atoms with Crippen LogP contribution in [0.5, 0.6) is 0 Å². The van der Waals surface area contributed by atoms with Crippen LogP contribution in [0.4, 0.5) is 4.79 Å². The minimum Gasteiger partial charge on any atom is -0.428 e. The van der Waals surface area contributed by atoms with Gasteiger partial charge in [-0.1, -0.05) is 13.2 Å². The number of hydrogen-bond donors (Lipinski definition) is 0. The van der Waals surface area contributed by atoms with Gasteiger partial charge >= 0.3 is 6.16 Å². The zero-order valence-corrected chi connectivity index (χ0v) is 10.4. The maximum absolute atomic E-state index is 11.1. The van der Waals surface area contributed by atoms with Crippen LogP contribution >= 0.6 is 0 Å². The number of hydrogen-bond acceptors (Lipinski definition) is 5. The van der Waals surface area contributed by atoms with E-state index in [0.29, 0.717) is 11.4 Å². The molecule has 0 N–H and O–H groups in total. The van der Waals surface area contributed by atoms with Gasteiger partial charge < -0.3 is 19.3 Å². The summed E-state index contributed by atoms with van der Waals surface area (Å²) >= 11 is 0. The van der Waals surface area contributed by atoms with Gasteiger partial charge in [-0.3, -0.25) is 0 Å². The molecule has 0 atom stereocenters. The van der Waals surface area contributed by atoms with E-state index < -0.39 is 6.16 Å². The predicted molar refractivity (Wildman–Crippen MR) is 63.0 cm³/mol. The molecule has 16 heavy (non-hydrogen) atoms. The van der Waals surface area contributed by atoms with Gasteiger partial charge in [0.25, 0.3) is 0 Å². The maximum atomic E-state index is 11.1. The van der Waals surface area contributed by atoms with Crippen LogP contribution in [0.25, 0.3) is 0 Å².